The van der Waals surface area contributed by atoms with Crippen LogP contribution in [0.15, 0.2) is 18.2 Å². The van der Waals surface area contributed by atoms with Gasteiger partial charge in [-0.25, -0.2) is 0 Å². The number of methoxy groups -OCH3 is 2. The summed E-state index contributed by atoms with van der Waals surface area (Å²) in [5.74, 6) is 1.76. The summed E-state index contributed by atoms with van der Waals surface area (Å²) in [5.41, 5.74) is 1.19. The molecule has 0 aliphatic carbocycles. The lowest BCUT2D eigenvalue weighted by Gasteiger charge is -2.39. The monoisotopic (exact) mass is 262 g/mol. The molecule has 0 N–H and O–H groups in total. The van der Waals surface area contributed by atoms with Crippen LogP contribution in [0.2, 0.25) is 0 Å². The molecule has 1 aromatic carbocycles. The van der Waals surface area contributed by atoms with Gasteiger partial charge in [-0.2, -0.15) is 0 Å². The van der Waals surface area contributed by atoms with Crippen LogP contribution in [0.25, 0.3) is 0 Å². The molecule has 0 bridgehead atoms. The second-order valence-electron chi connectivity index (χ2n) is 5.32. The van der Waals surface area contributed by atoms with Crippen molar-refractivity contribution in [3.8, 4) is 11.5 Å². The molecule has 1 unspecified atom stereocenters. The van der Waals surface area contributed by atoms with Gasteiger partial charge >= 0.3 is 0 Å². The Balaban J connectivity index is 1.81. The lowest BCUT2D eigenvalue weighted by atomic mass is 10.1. The average Bonchev–Trinajstić information content (AvgIpc) is 2.93. The fourth-order valence-electron chi connectivity index (χ4n) is 3.26. The van der Waals surface area contributed by atoms with Crippen LogP contribution in [0.5, 0.6) is 11.5 Å². The van der Waals surface area contributed by atoms with Crippen LogP contribution >= 0.6 is 0 Å². The Morgan fingerprint density at radius 2 is 2.00 bits per heavy atom. The first-order chi connectivity index (χ1) is 9.31. The summed E-state index contributed by atoms with van der Waals surface area (Å²) in [6.07, 6.45) is 2.67. The van der Waals surface area contributed by atoms with E-state index in [1.165, 1.54) is 31.6 Å². The lowest BCUT2D eigenvalue weighted by molar-refractivity contribution is 0.230. The van der Waals surface area contributed by atoms with Crippen molar-refractivity contribution in [2.45, 2.75) is 18.9 Å². The van der Waals surface area contributed by atoms with E-state index < -0.39 is 0 Å². The highest BCUT2D eigenvalue weighted by molar-refractivity contribution is 5.61. The number of hydrogen-bond donors (Lipinski definition) is 0. The summed E-state index contributed by atoms with van der Waals surface area (Å²) in [7, 11) is 3.41. The van der Waals surface area contributed by atoms with Crippen molar-refractivity contribution in [3.05, 3.63) is 18.2 Å². The van der Waals surface area contributed by atoms with Gasteiger partial charge in [0.25, 0.3) is 0 Å². The molecule has 2 saturated heterocycles. The second kappa shape index (κ2) is 5.29. The van der Waals surface area contributed by atoms with Gasteiger partial charge in [-0.1, -0.05) is 0 Å². The first-order valence-corrected chi connectivity index (χ1v) is 7.03. The molecule has 104 valence electrons. The van der Waals surface area contributed by atoms with Gasteiger partial charge in [0, 0.05) is 31.7 Å². The molecule has 19 heavy (non-hydrogen) atoms. The Kier molecular flexibility index (Phi) is 3.51. The smallest absolute Gasteiger partial charge is 0.145 e. The Morgan fingerprint density at radius 3 is 2.79 bits per heavy atom. The number of nitrogens with zero attached hydrogens (tertiary/aromatic N) is 2. The molecule has 4 heteroatoms. The zero-order valence-electron chi connectivity index (χ0n) is 11.8. The summed E-state index contributed by atoms with van der Waals surface area (Å²) in [4.78, 5) is 5.07. The maximum Gasteiger partial charge on any atom is 0.145 e. The van der Waals surface area contributed by atoms with Crippen LogP contribution in [0.4, 0.5) is 5.69 Å². The van der Waals surface area contributed by atoms with Crippen molar-refractivity contribution in [1.82, 2.24) is 4.90 Å². The normalized spacial score (nSPS) is 23.3. The number of piperazine rings is 1. The van der Waals surface area contributed by atoms with Gasteiger partial charge in [0.05, 0.1) is 19.9 Å². The number of fused-ring (bicyclic) bond motifs is 1. The summed E-state index contributed by atoms with van der Waals surface area (Å²) in [6.45, 7) is 4.64. The van der Waals surface area contributed by atoms with E-state index in [0.29, 0.717) is 0 Å². The summed E-state index contributed by atoms with van der Waals surface area (Å²) in [6, 6.07) is 6.82. The Morgan fingerprint density at radius 1 is 1.11 bits per heavy atom. The topological polar surface area (TPSA) is 24.9 Å². The number of anilines is 1. The number of ether oxygens (including phenoxy) is 2. The van der Waals surface area contributed by atoms with Crippen molar-refractivity contribution in [2.75, 3.05) is 45.3 Å². The quantitative estimate of drug-likeness (QED) is 0.831. The molecule has 0 spiro atoms. The van der Waals surface area contributed by atoms with Crippen molar-refractivity contribution in [1.29, 1.82) is 0 Å². The largest absolute Gasteiger partial charge is 0.497 e. The molecule has 4 nitrogen and oxygen atoms in total. The average molecular weight is 262 g/mol. The Bertz CT molecular complexity index is 450. The van der Waals surface area contributed by atoms with Crippen LogP contribution in [0, 0.1) is 0 Å². The number of rotatable bonds is 3. The zero-order valence-corrected chi connectivity index (χ0v) is 11.8. The highest BCUT2D eigenvalue weighted by Crippen LogP contribution is 2.34. The summed E-state index contributed by atoms with van der Waals surface area (Å²) in [5, 5.41) is 0. The van der Waals surface area contributed by atoms with E-state index in [9.17, 15) is 0 Å². The van der Waals surface area contributed by atoms with E-state index in [0.717, 1.165) is 30.6 Å². The van der Waals surface area contributed by atoms with E-state index in [2.05, 4.69) is 15.9 Å². The van der Waals surface area contributed by atoms with Gasteiger partial charge in [-0.05, 0) is 31.5 Å². The van der Waals surface area contributed by atoms with Crippen LogP contribution in [-0.2, 0) is 0 Å². The molecule has 2 fully saturated rings. The molecule has 2 heterocycles. The van der Waals surface area contributed by atoms with Crippen molar-refractivity contribution < 1.29 is 9.47 Å². The van der Waals surface area contributed by atoms with Gasteiger partial charge in [0.2, 0.25) is 0 Å². The number of hydrogen-bond acceptors (Lipinski definition) is 4. The molecule has 1 aromatic rings. The van der Waals surface area contributed by atoms with Crippen molar-refractivity contribution in [2.24, 2.45) is 0 Å². The Labute approximate surface area is 114 Å². The minimum Gasteiger partial charge on any atom is -0.497 e. The van der Waals surface area contributed by atoms with E-state index >= 15 is 0 Å². The summed E-state index contributed by atoms with van der Waals surface area (Å²) < 4.78 is 10.8. The minimum absolute atomic E-state index is 0.723. The highest BCUT2D eigenvalue weighted by Gasteiger charge is 2.31. The first kappa shape index (κ1) is 12.6. The van der Waals surface area contributed by atoms with E-state index in [1.54, 1.807) is 14.2 Å². The molecular formula is C15H22N2O2. The molecule has 0 aromatic heterocycles. The van der Waals surface area contributed by atoms with Crippen molar-refractivity contribution in [3.63, 3.8) is 0 Å². The molecule has 0 radical (unpaired) electrons. The van der Waals surface area contributed by atoms with Crippen LogP contribution < -0.4 is 14.4 Å². The van der Waals surface area contributed by atoms with Crippen LogP contribution in [0.1, 0.15) is 12.8 Å². The molecule has 0 amide bonds. The molecule has 0 saturated carbocycles. The maximum absolute atomic E-state index is 5.52. The minimum atomic E-state index is 0.723. The lowest BCUT2D eigenvalue weighted by Crippen LogP contribution is -2.50. The highest BCUT2D eigenvalue weighted by atomic mass is 16.5. The predicted octanol–water partition coefficient (Wildman–Crippen LogP) is 1.99. The van der Waals surface area contributed by atoms with E-state index in [-0.39, 0.29) is 0 Å². The second-order valence-corrected chi connectivity index (χ2v) is 5.32. The van der Waals surface area contributed by atoms with Gasteiger partial charge in [-0.15, -0.1) is 0 Å². The van der Waals surface area contributed by atoms with Gasteiger partial charge in [-0.3, -0.25) is 4.90 Å². The molecular weight excluding hydrogens is 240 g/mol. The fourth-order valence-corrected chi connectivity index (χ4v) is 3.26. The van der Waals surface area contributed by atoms with Gasteiger partial charge in [0.15, 0.2) is 0 Å². The molecule has 3 rings (SSSR count). The fraction of sp³-hybridized carbons (Fsp3) is 0.600. The first-order valence-electron chi connectivity index (χ1n) is 7.03. The van der Waals surface area contributed by atoms with Gasteiger partial charge < -0.3 is 14.4 Å². The molecule has 2 aliphatic heterocycles. The SMILES string of the molecule is COc1ccc(N2CCN3CCCC3C2)c(OC)c1. The third kappa shape index (κ3) is 2.37. The zero-order chi connectivity index (χ0) is 13.2. The Hall–Kier alpha value is -1.42. The molecule has 1 atom stereocenters. The number of benzene rings is 1. The summed E-state index contributed by atoms with van der Waals surface area (Å²) >= 11 is 0. The van der Waals surface area contributed by atoms with E-state index in [4.69, 9.17) is 9.47 Å². The van der Waals surface area contributed by atoms with Crippen molar-refractivity contribution >= 4 is 5.69 Å². The van der Waals surface area contributed by atoms with E-state index in [1.807, 2.05) is 12.1 Å². The third-order valence-corrected chi connectivity index (χ3v) is 4.31. The maximum atomic E-state index is 5.52. The third-order valence-electron chi connectivity index (χ3n) is 4.31. The predicted molar refractivity (Wildman–Crippen MR) is 76.4 cm³/mol. The van der Waals surface area contributed by atoms with Gasteiger partial charge in [0.1, 0.15) is 11.5 Å². The standard InChI is InChI=1S/C15H22N2O2/c1-18-13-5-6-14(15(10-13)19-2)17-9-8-16-7-3-4-12(16)11-17/h5-6,10,12H,3-4,7-9,11H2,1-2H3. The molecule has 2 aliphatic rings. The van der Waals surface area contributed by atoms with Crippen LogP contribution in [-0.4, -0.2) is 51.3 Å². The van der Waals surface area contributed by atoms with Crippen LogP contribution in [0.3, 0.4) is 0 Å².